The molecule has 0 spiro atoms. The van der Waals surface area contributed by atoms with Crippen LogP contribution >= 0.6 is 11.8 Å². The van der Waals surface area contributed by atoms with Gasteiger partial charge >= 0.3 is 0 Å². The fourth-order valence-corrected chi connectivity index (χ4v) is 6.06. The summed E-state index contributed by atoms with van der Waals surface area (Å²) in [5, 5.41) is 20.1. The summed E-state index contributed by atoms with van der Waals surface area (Å²) in [7, 11) is 0. The number of aliphatic hydroxyl groups excluding tert-OH is 1. The predicted molar refractivity (Wildman–Crippen MR) is 177 cm³/mol. The SMILES string of the molecule is C=C1SCN(C(=O)[C@@H](O)[C@H](Cc2ccccc2)NC(=O)[C@@H](NC(=O)c2cc(=O)c3ccccc3o2)C(C)C)[C@@H]1C(=O)NC(C)(C)C. The van der Waals surface area contributed by atoms with Crippen LogP contribution < -0.4 is 21.4 Å². The van der Waals surface area contributed by atoms with E-state index in [9.17, 15) is 29.1 Å². The Hall–Kier alpha value is -4.42. The first-order chi connectivity index (χ1) is 21.7. The van der Waals surface area contributed by atoms with Gasteiger partial charge in [-0.15, -0.1) is 11.8 Å². The first kappa shape index (κ1) is 34.5. The van der Waals surface area contributed by atoms with Crippen LogP contribution in [0, 0.1) is 5.92 Å². The van der Waals surface area contributed by atoms with Crippen molar-refractivity contribution in [3.05, 3.63) is 93.7 Å². The van der Waals surface area contributed by atoms with Crippen molar-refractivity contribution in [2.45, 2.75) is 70.8 Å². The Balaban J connectivity index is 1.57. The zero-order chi connectivity index (χ0) is 33.8. The molecule has 2 aromatic carbocycles. The monoisotopic (exact) mass is 648 g/mol. The van der Waals surface area contributed by atoms with Crippen molar-refractivity contribution in [3.63, 3.8) is 0 Å². The van der Waals surface area contributed by atoms with Crippen LogP contribution in [0.4, 0.5) is 0 Å². The Morgan fingerprint density at radius 3 is 2.35 bits per heavy atom. The third kappa shape index (κ3) is 8.24. The average molecular weight is 649 g/mol. The highest BCUT2D eigenvalue weighted by Gasteiger charge is 2.43. The Labute approximate surface area is 271 Å². The lowest BCUT2D eigenvalue weighted by Crippen LogP contribution is -2.59. The number of nitrogens with one attached hydrogen (secondary N) is 3. The molecule has 4 atom stereocenters. The summed E-state index contributed by atoms with van der Waals surface area (Å²) in [6.07, 6.45) is -1.65. The fourth-order valence-electron chi connectivity index (χ4n) is 5.08. The molecule has 0 aliphatic carbocycles. The summed E-state index contributed by atoms with van der Waals surface area (Å²) in [6.45, 7) is 12.8. The second kappa shape index (κ2) is 14.3. The van der Waals surface area contributed by atoms with E-state index < -0.39 is 64.7 Å². The lowest BCUT2D eigenvalue weighted by atomic mass is 9.97. The van der Waals surface area contributed by atoms with Crippen molar-refractivity contribution in [1.82, 2.24) is 20.9 Å². The van der Waals surface area contributed by atoms with Crippen molar-refractivity contribution in [1.29, 1.82) is 0 Å². The first-order valence-corrected chi connectivity index (χ1v) is 15.9. The molecule has 1 aliphatic heterocycles. The number of carbonyl (C=O) groups is 4. The van der Waals surface area contributed by atoms with Crippen LogP contribution in [0.3, 0.4) is 0 Å². The molecule has 46 heavy (non-hydrogen) atoms. The minimum absolute atomic E-state index is 0.0819. The van der Waals surface area contributed by atoms with E-state index in [0.29, 0.717) is 10.3 Å². The molecule has 2 heterocycles. The highest BCUT2D eigenvalue weighted by molar-refractivity contribution is 8.03. The van der Waals surface area contributed by atoms with Gasteiger partial charge in [0.25, 0.3) is 11.8 Å². The van der Waals surface area contributed by atoms with Crippen molar-refractivity contribution in [2.75, 3.05) is 5.88 Å². The molecule has 4 amide bonds. The lowest BCUT2D eigenvalue weighted by Gasteiger charge is -2.32. The Morgan fingerprint density at radius 2 is 1.70 bits per heavy atom. The van der Waals surface area contributed by atoms with E-state index in [0.717, 1.165) is 11.6 Å². The molecule has 244 valence electrons. The van der Waals surface area contributed by atoms with E-state index in [4.69, 9.17) is 4.42 Å². The maximum Gasteiger partial charge on any atom is 0.287 e. The second-order valence-corrected chi connectivity index (χ2v) is 13.7. The van der Waals surface area contributed by atoms with Crippen molar-refractivity contribution >= 4 is 46.4 Å². The lowest BCUT2D eigenvalue weighted by molar-refractivity contribution is -0.146. The van der Waals surface area contributed by atoms with Crippen LogP contribution in [-0.2, 0) is 20.8 Å². The third-order valence-corrected chi connectivity index (χ3v) is 8.39. The normalized spacial score (nSPS) is 17.0. The summed E-state index contributed by atoms with van der Waals surface area (Å²) < 4.78 is 5.64. The molecule has 1 aromatic heterocycles. The van der Waals surface area contributed by atoms with E-state index in [2.05, 4.69) is 22.5 Å². The van der Waals surface area contributed by atoms with Gasteiger partial charge in [-0.05, 0) is 50.8 Å². The van der Waals surface area contributed by atoms with Gasteiger partial charge in [0, 0.05) is 16.5 Å². The van der Waals surface area contributed by atoms with Gasteiger partial charge in [-0.1, -0.05) is 62.9 Å². The predicted octanol–water partition coefficient (Wildman–Crippen LogP) is 2.97. The topological polar surface area (TPSA) is 158 Å². The van der Waals surface area contributed by atoms with Gasteiger partial charge < -0.3 is 30.4 Å². The highest BCUT2D eigenvalue weighted by Crippen LogP contribution is 2.33. The van der Waals surface area contributed by atoms with Crippen LogP contribution in [0.25, 0.3) is 11.0 Å². The van der Waals surface area contributed by atoms with Crippen molar-refractivity contribution in [2.24, 2.45) is 5.92 Å². The zero-order valence-corrected chi connectivity index (χ0v) is 27.4. The van der Waals surface area contributed by atoms with E-state index in [1.807, 2.05) is 26.8 Å². The Kier molecular flexibility index (Phi) is 10.7. The summed E-state index contributed by atoms with van der Waals surface area (Å²) in [6, 6.07) is 13.4. The molecule has 4 rings (SSSR count). The number of hydrogen-bond donors (Lipinski definition) is 4. The summed E-state index contributed by atoms with van der Waals surface area (Å²) >= 11 is 1.23. The molecular weight excluding hydrogens is 608 g/mol. The van der Waals surface area contributed by atoms with Gasteiger partial charge in [-0.2, -0.15) is 0 Å². The number of nitrogens with zero attached hydrogens (tertiary/aromatic N) is 1. The second-order valence-electron chi connectivity index (χ2n) is 12.6. The number of benzene rings is 2. The van der Waals surface area contributed by atoms with Crippen LogP contribution in [-0.4, -0.2) is 69.3 Å². The molecule has 1 saturated heterocycles. The van der Waals surface area contributed by atoms with Gasteiger partial charge in [-0.3, -0.25) is 24.0 Å². The van der Waals surface area contributed by atoms with Gasteiger partial charge in [0.15, 0.2) is 17.3 Å². The van der Waals surface area contributed by atoms with Gasteiger partial charge in [0.05, 0.1) is 17.3 Å². The quantitative estimate of drug-likeness (QED) is 0.261. The number of carbonyl (C=O) groups excluding carboxylic acids is 4. The van der Waals surface area contributed by atoms with E-state index in [1.54, 1.807) is 62.4 Å². The molecule has 12 heteroatoms. The highest BCUT2D eigenvalue weighted by atomic mass is 32.2. The average Bonchev–Trinajstić information content (AvgIpc) is 3.39. The van der Waals surface area contributed by atoms with Gasteiger partial charge in [0.2, 0.25) is 11.8 Å². The van der Waals surface area contributed by atoms with Crippen LogP contribution in [0.1, 0.15) is 50.7 Å². The molecule has 4 N–H and O–H groups in total. The number of thioether (sulfide) groups is 1. The maximum absolute atomic E-state index is 13.8. The maximum atomic E-state index is 13.8. The number of aliphatic hydroxyl groups is 1. The molecule has 0 radical (unpaired) electrons. The molecule has 0 unspecified atom stereocenters. The molecule has 0 bridgehead atoms. The van der Waals surface area contributed by atoms with E-state index in [-0.39, 0.29) is 23.6 Å². The van der Waals surface area contributed by atoms with Gasteiger partial charge in [-0.25, -0.2) is 0 Å². The number of fused-ring (bicyclic) bond motifs is 1. The summed E-state index contributed by atoms with van der Waals surface area (Å²) in [4.78, 5) is 68.1. The fraction of sp³-hybridized carbons (Fsp3) is 0.382. The van der Waals surface area contributed by atoms with Crippen molar-refractivity contribution < 1.29 is 28.7 Å². The number of rotatable bonds is 10. The minimum atomic E-state index is -1.73. The molecule has 1 aliphatic rings. The minimum Gasteiger partial charge on any atom is -0.451 e. The van der Waals surface area contributed by atoms with Gasteiger partial charge in [0.1, 0.15) is 17.7 Å². The van der Waals surface area contributed by atoms with Crippen LogP contribution in [0.15, 0.2) is 81.4 Å². The van der Waals surface area contributed by atoms with Crippen molar-refractivity contribution in [3.8, 4) is 0 Å². The Morgan fingerprint density at radius 1 is 1.04 bits per heavy atom. The molecule has 0 saturated carbocycles. The standard InChI is InChI=1S/C34H40N4O7S/c1-19(2)27(36-30(41)26-17-24(39)22-14-10-11-15-25(22)45-26)31(42)35-23(16-21-12-8-7-9-13-21)29(40)33(44)38-18-46-20(3)28(38)32(43)37-34(4,5)6/h7-15,17,19,23,27-29,40H,3,16,18H2,1-2,4-6H3,(H,35,42)(H,36,41)(H,37,43)/t23-,27-,28-,29-/m0/s1. The molecule has 3 aromatic rings. The smallest absolute Gasteiger partial charge is 0.287 e. The first-order valence-electron chi connectivity index (χ1n) is 15.0. The van der Waals surface area contributed by atoms with Crippen LogP contribution in [0.2, 0.25) is 0 Å². The summed E-state index contributed by atoms with van der Waals surface area (Å²) in [5.74, 6) is -3.17. The molecule has 1 fully saturated rings. The Bertz CT molecular complexity index is 1680. The molecular formula is C34H40N4O7S. The van der Waals surface area contributed by atoms with E-state index in [1.165, 1.54) is 16.7 Å². The van der Waals surface area contributed by atoms with E-state index >= 15 is 0 Å². The zero-order valence-electron chi connectivity index (χ0n) is 26.5. The van der Waals surface area contributed by atoms with Crippen LogP contribution in [0.5, 0.6) is 0 Å². The summed E-state index contributed by atoms with van der Waals surface area (Å²) in [5.41, 5.74) is 0.00444. The number of hydrogen-bond acceptors (Lipinski definition) is 8. The third-order valence-electron chi connectivity index (χ3n) is 7.39. The largest absolute Gasteiger partial charge is 0.451 e. The molecule has 11 nitrogen and oxygen atoms in total. The number of para-hydroxylation sites is 1. The number of amides is 4.